The first-order valence-corrected chi connectivity index (χ1v) is 23.5. The van der Waals surface area contributed by atoms with Crippen molar-refractivity contribution in [3.05, 3.63) is 282 Å². The maximum atomic E-state index is 2.46. The fourth-order valence-electron chi connectivity index (χ4n) is 11.3. The number of hydrogen-bond acceptors (Lipinski definition) is 1. The Bertz CT molecular complexity index is 3630. The van der Waals surface area contributed by atoms with Gasteiger partial charge in [-0.3, -0.25) is 0 Å². The van der Waals surface area contributed by atoms with E-state index < -0.39 is 5.41 Å². The summed E-state index contributed by atoms with van der Waals surface area (Å²) in [7, 11) is 0. The topological polar surface area (TPSA) is 8.17 Å². The lowest BCUT2D eigenvalue weighted by Crippen LogP contribution is -2.28. The molecule has 0 radical (unpaired) electrons. The van der Waals surface area contributed by atoms with E-state index in [1.807, 2.05) is 0 Å². The van der Waals surface area contributed by atoms with Crippen LogP contribution in [0.1, 0.15) is 39.8 Å². The molecule has 2 aliphatic carbocycles. The molecular formula is C65H46N2. The van der Waals surface area contributed by atoms with Crippen molar-refractivity contribution in [2.45, 2.75) is 18.3 Å². The van der Waals surface area contributed by atoms with E-state index in [-0.39, 0.29) is 0 Å². The van der Waals surface area contributed by atoms with Gasteiger partial charge < -0.3 is 9.47 Å². The third kappa shape index (κ3) is 6.25. The summed E-state index contributed by atoms with van der Waals surface area (Å²) in [5.41, 5.74) is 21.8. The number of nitrogens with zero attached hydrogens (tertiary/aromatic N) is 2. The molecular weight excluding hydrogens is 809 g/mol. The molecule has 0 bridgehead atoms. The fraction of sp³-hybridized carbons (Fsp3) is 0.0462. The highest BCUT2D eigenvalue weighted by molar-refractivity contribution is 6.10. The number of hydrogen-bond donors (Lipinski definition) is 0. The van der Waals surface area contributed by atoms with Crippen LogP contribution in [0.15, 0.2) is 249 Å². The van der Waals surface area contributed by atoms with E-state index in [4.69, 9.17) is 0 Å². The molecule has 2 nitrogen and oxygen atoms in total. The number of aryl methyl sites for hydroxylation is 1. The molecule has 1 heterocycles. The second kappa shape index (κ2) is 15.9. The van der Waals surface area contributed by atoms with Crippen LogP contribution in [0.3, 0.4) is 0 Å². The minimum atomic E-state index is -0.429. The van der Waals surface area contributed by atoms with Crippen molar-refractivity contribution in [1.29, 1.82) is 0 Å². The Morgan fingerprint density at radius 3 is 1.81 bits per heavy atom. The van der Waals surface area contributed by atoms with Gasteiger partial charge in [-0.05, 0) is 141 Å². The van der Waals surface area contributed by atoms with Crippen molar-refractivity contribution >= 4 is 44.9 Å². The molecule has 0 fully saturated rings. The quantitative estimate of drug-likeness (QED) is 0.148. The highest BCUT2D eigenvalue weighted by Gasteiger charge is 2.46. The molecule has 10 aromatic carbocycles. The summed E-state index contributed by atoms with van der Waals surface area (Å²) in [5, 5.41) is 2.48. The highest BCUT2D eigenvalue weighted by Crippen LogP contribution is 2.56. The van der Waals surface area contributed by atoms with Crippen molar-refractivity contribution in [3.8, 4) is 39.1 Å². The zero-order chi connectivity index (χ0) is 44.3. The van der Waals surface area contributed by atoms with E-state index in [1.54, 1.807) is 0 Å². The molecule has 316 valence electrons. The first-order valence-electron chi connectivity index (χ1n) is 23.5. The summed E-state index contributed by atoms with van der Waals surface area (Å²) < 4.78 is 2.46. The molecule has 0 amide bonds. The van der Waals surface area contributed by atoms with Crippen LogP contribution < -0.4 is 4.90 Å². The average molecular weight is 855 g/mol. The van der Waals surface area contributed by atoms with Gasteiger partial charge in [-0.1, -0.05) is 188 Å². The second-order valence-electron chi connectivity index (χ2n) is 17.9. The van der Waals surface area contributed by atoms with Gasteiger partial charge in [0.05, 0.1) is 22.1 Å². The highest BCUT2D eigenvalue weighted by atomic mass is 15.1. The number of allylic oxidation sites excluding steroid dienone is 1. The van der Waals surface area contributed by atoms with Gasteiger partial charge in [0, 0.05) is 33.4 Å². The second-order valence-corrected chi connectivity index (χ2v) is 17.9. The van der Waals surface area contributed by atoms with Crippen LogP contribution in [0.5, 0.6) is 0 Å². The van der Waals surface area contributed by atoms with Crippen molar-refractivity contribution in [2.24, 2.45) is 0 Å². The lowest BCUT2D eigenvalue weighted by Gasteiger charge is -2.33. The number of rotatable bonds is 8. The Kier molecular flexibility index (Phi) is 9.25. The van der Waals surface area contributed by atoms with Crippen molar-refractivity contribution in [1.82, 2.24) is 4.57 Å². The Balaban J connectivity index is 0.886. The summed E-state index contributed by atoms with van der Waals surface area (Å²) in [4.78, 5) is 2.39. The van der Waals surface area contributed by atoms with Gasteiger partial charge in [0.25, 0.3) is 0 Å². The van der Waals surface area contributed by atoms with E-state index in [0.717, 1.165) is 29.9 Å². The monoisotopic (exact) mass is 854 g/mol. The molecule has 1 aromatic heterocycles. The average Bonchev–Trinajstić information content (AvgIpc) is 3.90. The summed E-state index contributed by atoms with van der Waals surface area (Å²) in [5.74, 6) is 0. The maximum Gasteiger partial charge on any atom is 0.0713 e. The first kappa shape index (κ1) is 39.0. The maximum absolute atomic E-state index is 2.46. The van der Waals surface area contributed by atoms with Crippen molar-refractivity contribution < 1.29 is 0 Å². The molecule has 13 rings (SSSR count). The zero-order valence-corrected chi connectivity index (χ0v) is 37.1. The van der Waals surface area contributed by atoms with Gasteiger partial charge in [0.15, 0.2) is 0 Å². The lowest BCUT2D eigenvalue weighted by molar-refractivity contribution is 0.768. The minimum absolute atomic E-state index is 0.429. The van der Waals surface area contributed by atoms with Crippen LogP contribution in [0.25, 0.3) is 66.9 Å². The number of benzene rings is 10. The summed E-state index contributed by atoms with van der Waals surface area (Å²) in [6.07, 6.45) is 6.76. The van der Waals surface area contributed by atoms with Crippen LogP contribution in [-0.2, 0) is 11.8 Å². The van der Waals surface area contributed by atoms with Gasteiger partial charge in [-0.25, -0.2) is 0 Å². The van der Waals surface area contributed by atoms with Crippen LogP contribution in [-0.4, -0.2) is 4.57 Å². The first-order chi connectivity index (χ1) is 33.2. The Hall–Kier alpha value is -8.46. The van der Waals surface area contributed by atoms with Crippen molar-refractivity contribution in [3.63, 3.8) is 0 Å². The molecule has 67 heavy (non-hydrogen) atoms. The van der Waals surface area contributed by atoms with E-state index in [2.05, 4.69) is 264 Å². The Labute approximate surface area is 392 Å². The van der Waals surface area contributed by atoms with Gasteiger partial charge in [0.2, 0.25) is 0 Å². The number of fused-ring (bicyclic) bond motifs is 7. The summed E-state index contributed by atoms with van der Waals surface area (Å²) >= 11 is 0. The van der Waals surface area contributed by atoms with E-state index in [0.29, 0.717) is 0 Å². The molecule has 0 aliphatic heterocycles. The predicted molar refractivity (Wildman–Crippen MR) is 281 cm³/mol. The molecule has 0 N–H and O–H groups in total. The number of anilines is 3. The standard InChI is InChI=1S/C65H46N2/c1-4-22-50(23-5-1)65(51-24-6-2-7-25-51)60-31-14-12-29-56(60)58-44-54(39-40-61(58)65)67-63-32-15-13-30-57(63)59-43-49(36-41-64(59)67)48-21-16-20-47(42-48)45-34-37-53(38-35-45)66(52-26-8-3-9-27-52)62-33-17-19-46-18-10-11-28-55(46)62/h1-9,11-17,19-44H,10,18H2. The molecule has 0 spiro atoms. The molecule has 0 unspecified atom stereocenters. The van der Waals surface area contributed by atoms with Gasteiger partial charge in [-0.15, -0.1) is 0 Å². The van der Waals surface area contributed by atoms with Crippen LogP contribution in [0, 0.1) is 0 Å². The summed E-state index contributed by atoms with van der Waals surface area (Å²) in [6, 6.07) is 89.6. The SMILES string of the molecule is C1=Cc2c(cccc2N(c2ccccc2)c2ccc(-c3cccc(-c4ccc5c(c4)c4ccccc4n5-c4ccc5c(c4)-c4ccccc4C5(c4ccccc4)c4ccccc4)c3)cc2)CC1. The number of aromatic nitrogens is 1. The molecule has 0 atom stereocenters. The number of para-hydroxylation sites is 2. The third-order valence-electron chi connectivity index (χ3n) is 14.3. The lowest BCUT2D eigenvalue weighted by atomic mass is 9.68. The molecule has 2 heteroatoms. The third-order valence-corrected chi connectivity index (χ3v) is 14.3. The van der Waals surface area contributed by atoms with E-state index in [1.165, 1.54) is 94.3 Å². The Morgan fingerprint density at radius 1 is 0.403 bits per heavy atom. The largest absolute Gasteiger partial charge is 0.310 e. The smallest absolute Gasteiger partial charge is 0.0713 e. The van der Waals surface area contributed by atoms with Crippen LogP contribution in [0.2, 0.25) is 0 Å². The van der Waals surface area contributed by atoms with Crippen LogP contribution in [0.4, 0.5) is 17.1 Å². The van der Waals surface area contributed by atoms with Crippen LogP contribution >= 0.6 is 0 Å². The Morgan fingerprint density at radius 2 is 1.01 bits per heavy atom. The van der Waals surface area contributed by atoms with Gasteiger partial charge in [-0.2, -0.15) is 0 Å². The van der Waals surface area contributed by atoms with E-state index >= 15 is 0 Å². The summed E-state index contributed by atoms with van der Waals surface area (Å²) in [6.45, 7) is 0. The molecule has 0 saturated carbocycles. The predicted octanol–water partition coefficient (Wildman–Crippen LogP) is 16.9. The molecule has 0 saturated heterocycles. The molecule has 11 aromatic rings. The van der Waals surface area contributed by atoms with E-state index in [9.17, 15) is 0 Å². The fourth-order valence-corrected chi connectivity index (χ4v) is 11.3. The van der Waals surface area contributed by atoms with Gasteiger partial charge in [0.1, 0.15) is 0 Å². The minimum Gasteiger partial charge on any atom is -0.310 e. The van der Waals surface area contributed by atoms with Gasteiger partial charge >= 0.3 is 0 Å². The molecule has 2 aliphatic rings. The zero-order valence-electron chi connectivity index (χ0n) is 37.1. The van der Waals surface area contributed by atoms with Crippen molar-refractivity contribution in [2.75, 3.05) is 4.90 Å². The normalized spacial score (nSPS) is 13.3.